The smallest absolute Gasteiger partial charge is 0.178 e. The van der Waals surface area contributed by atoms with E-state index in [0.29, 0.717) is 5.69 Å². The van der Waals surface area contributed by atoms with Crippen molar-refractivity contribution >= 4 is 16.7 Å². The minimum atomic E-state index is -1.22. The van der Waals surface area contributed by atoms with Crippen molar-refractivity contribution < 1.29 is 9.90 Å². The van der Waals surface area contributed by atoms with Crippen molar-refractivity contribution in [2.24, 2.45) is 0 Å². The Balaban J connectivity index is 2.12. The summed E-state index contributed by atoms with van der Waals surface area (Å²) in [6.45, 7) is 0. The molecule has 17 heavy (non-hydrogen) atoms. The van der Waals surface area contributed by atoms with Gasteiger partial charge in [-0.15, -0.1) is 0 Å². The lowest BCUT2D eigenvalue weighted by Gasteiger charge is -2.20. The summed E-state index contributed by atoms with van der Waals surface area (Å²) in [5.41, 5.74) is 0.417. The molecule has 0 unspecified atom stereocenters. The average Bonchev–Trinajstić information content (AvgIpc) is 2.77. The molecule has 0 amide bonds. The van der Waals surface area contributed by atoms with E-state index in [1.54, 1.807) is 0 Å². The first-order valence-corrected chi connectivity index (χ1v) is 5.40. The average molecular weight is 225 g/mol. The third-order valence-electron chi connectivity index (χ3n) is 2.96. The number of aromatic nitrogens is 1. The van der Waals surface area contributed by atoms with Crippen LogP contribution in [0.4, 0.5) is 0 Å². The summed E-state index contributed by atoms with van der Waals surface area (Å²) < 4.78 is 0. The minimum Gasteiger partial charge on any atom is -0.376 e. The number of ketones is 1. The molecule has 1 aliphatic rings. The molecule has 3 nitrogen and oxygen atoms in total. The summed E-state index contributed by atoms with van der Waals surface area (Å²) in [7, 11) is 0. The van der Waals surface area contributed by atoms with Crippen molar-refractivity contribution in [3.63, 3.8) is 0 Å². The maximum atomic E-state index is 11.1. The zero-order chi connectivity index (χ0) is 11.9. The highest BCUT2D eigenvalue weighted by atomic mass is 16.3. The van der Waals surface area contributed by atoms with Gasteiger partial charge in [0, 0.05) is 5.52 Å². The van der Waals surface area contributed by atoms with Gasteiger partial charge in [-0.2, -0.15) is 0 Å². The molecule has 1 heterocycles. The normalized spacial score (nSPS) is 17.8. The zero-order valence-corrected chi connectivity index (χ0v) is 9.05. The number of hydrogen-bond donors (Lipinski definition) is 2. The molecule has 3 rings (SSSR count). The predicted molar refractivity (Wildman–Crippen MR) is 65.5 cm³/mol. The molecule has 0 saturated heterocycles. The van der Waals surface area contributed by atoms with Gasteiger partial charge < -0.3 is 10.1 Å². The van der Waals surface area contributed by atoms with Crippen LogP contribution in [-0.4, -0.2) is 15.9 Å². The van der Waals surface area contributed by atoms with Crippen molar-refractivity contribution in [2.75, 3.05) is 0 Å². The lowest BCUT2D eigenvalue weighted by Crippen LogP contribution is -2.23. The Morgan fingerprint density at radius 1 is 1.12 bits per heavy atom. The van der Waals surface area contributed by atoms with E-state index in [1.165, 1.54) is 24.3 Å². The lowest BCUT2D eigenvalue weighted by atomic mass is 9.94. The van der Waals surface area contributed by atoms with Crippen LogP contribution in [0.5, 0.6) is 0 Å². The first-order valence-electron chi connectivity index (χ1n) is 5.40. The highest BCUT2D eigenvalue weighted by molar-refractivity contribution is 6.00. The number of para-hydroxylation sites is 1. The summed E-state index contributed by atoms with van der Waals surface area (Å²) >= 11 is 0. The molecule has 0 spiro atoms. The Bertz CT molecular complexity index is 600. The highest BCUT2D eigenvalue weighted by Crippen LogP contribution is 2.29. The van der Waals surface area contributed by atoms with Crippen molar-refractivity contribution in [2.45, 2.75) is 5.60 Å². The number of aliphatic hydroxyl groups is 1. The van der Waals surface area contributed by atoms with E-state index in [4.69, 9.17) is 0 Å². The number of carbonyl (C=O) groups is 1. The fraction of sp³-hybridized carbons (Fsp3) is 0.0714. The van der Waals surface area contributed by atoms with Gasteiger partial charge in [-0.1, -0.05) is 18.2 Å². The van der Waals surface area contributed by atoms with Crippen LogP contribution in [0, 0.1) is 0 Å². The lowest BCUT2D eigenvalue weighted by molar-refractivity contribution is -0.110. The Hall–Kier alpha value is -2.13. The Labute approximate surface area is 98.1 Å². The number of benzene rings is 1. The molecular weight excluding hydrogens is 214 g/mol. The van der Waals surface area contributed by atoms with Crippen LogP contribution in [0.2, 0.25) is 0 Å². The summed E-state index contributed by atoms with van der Waals surface area (Å²) in [5.74, 6) is -0.106. The number of fused-ring (bicyclic) bond motifs is 1. The molecule has 0 bridgehead atoms. The molecule has 3 heteroatoms. The van der Waals surface area contributed by atoms with Crippen LogP contribution in [0.3, 0.4) is 0 Å². The van der Waals surface area contributed by atoms with Crippen molar-refractivity contribution in [1.29, 1.82) is 0 Å². The van der Waals surface area contributed by atoms with E-state index in [9.17, 15) is 9.90 Å². The molecule has 2 N–H and O–H groups in total. The molecule has 1 aromatic heterocycles. The Morgan fingerprint density at radius 3 is 2.53 bits per heavy atom. The first-order chi connectivity index (χ1) is 8.17. The second kappa shape index (κ2) is 3.43. The van der Waals surface area contributed by atoms with Crippen LogP contribution in [0.1, 0.15) is 5.69 Å². The van der Waals surface area contributed by atoms with E-state index in [2.05, 4.69) is 4.98 Å². The molecule has 1 aliphatic carbocycles. The molecule has 2 aromatic rings. The summed E-state index contributed by atoms with van der Waals surface area (Å²) in [4.78, 5) is 14.2. The molecule has 0 saturated carbocycles. The number of carbonyl (C=O) groups excluding carboxylic acids is 1. The second-order valence-corrected chi connectivity index (χ2v) is 4.16. The topological polar surface area (TPSA) is 53.1 Å². The highest BCUT2D eigenvalue weighted by Gasteiger charge is 2.27. The van der Waals surface area contributed by atoms with Gasteiger partial charge in [0.1, 0.15) is 5.60 Å². The molecular formula is C14H11NO2. The largest absolute Gasteiger partial charge is 0.376 e. The van der Waals surface area contributed by atoms with E-state index in [1.807, 2.05) is 30.3 Å². The standard InChI is InChI=1S/C14H11NO2/c16-11-5-7-14(17,8-6-11)13-9-10-3-1-2-4-12(10)15-13/h1-9,15,17H. The van der Waals surface area contributed by atoms with E-state index in [0.717, 1.165) is 10.9 Å². The van der Waals surface area contributed by atoms with E-state index in [-0.39, 0.29) is 5.78 Å². The van der Waals surface area contributed by atoms with Crippen LogP contribution in [0.15, 0.2) is 54.6 Å². The van der Waals surface area contributed by atoms with Gasteiger partial charge in [-0.05, 0) is 41.8 Å². The number of H-pyrrole nitrogens is 1. The first kappa shape index (κ1) is 10.1. The quantitative estimate of drug-likeness (QED) is 0.780. The monoisotopic (exact) mass is 225 g/mol. The number of allylic oxidation sites excluding steroid dienone is 2. The van der Waals surface area contributed by atoms with Gasteiger partial charge >= 0.3 is 0 Å². The van der Waals surface area contributed by atoms with Crippen LogP contribution < -0.4 is 0 Å². The molecule has 0 fully saturated rings. The zero-order valence-electron chi connectivity index (χ0n) is 9.05. The van der Waals surface area contributed by atoms with Gasteiger partial charge in [0.15, 0.2) is 5.78 Å². The minimum absolute atomic E-state index is 0.106. The number of rotatable bonds is 1. The maximum absolute atomic E-state index is 11.1. The fourth-order valence-corrected chi connectivity index (χ4v) is 2.00. The summed E-state index contributed by atoms with van der Waals surface area (Å²) in [5, 5.41) is 11.4. The van der Waals surface area contributed by atoms with Gasteiger partial charge in [-0.3, -0.25) is 4.79 Å². The van der Waals surface area contributed by atoms with Crippen LogP contribution in [0.25, 0.3) is 10.9 Å². The van der Waals surface area contributed by atoms with Crippen molar-refractivity contribution in [3.05, 3.63) is 60.3 Å². The second-order valence-electron chi connectivity index (χ2n) is 4.16. The third kappa shape index (κ3) is 1.61. The Morgan fingerprint density at radius 2 is 1.82 bits per heavy atom. The van der Waals surface area contributed by atoms with Gasteiger partial charge in [0.25, 0.3) is 0 Å². The van der Waals surface area contributed by atoms with Gasteiger partial charge in [-0.25, -0.2) is 0 Å². The fourth-order valence-electron chi connectivity index (χ4n) is 2.00. The van der Waals surface area contributed by atoms with Crippen molar-refractivity contribution in [1.82, 2.24) is 4.98 Å². The molecule has 0 radical (unpaired) electrons. The van der Waals surface area contributed by atoms with E-state index < -0.39 is 5.60 Å². The van der Waals surface area contributed by atoms with Gasteiger partial charge in [0.2, 0.25) is 0 Å². The maximum Gasteiger partial charge on any atom is 0.178 e. The van der Waals surface area contributed by atoms with E-state index >= 15 is 0 Å². The SMILES string of the molecule is O=C1C=CC(O)(c2cc3ccccc3[nH]2)C=C1. The predicted octanol–water partition coefficient (Wildman–Crippen LogP) is 2.05. The molecule has 0 atom stereocenters. The number of hydrogen-bond acceptors (Lipinski definition) is 2. The van der Waals surface area contributed by atoms with Crippen molar-refractivity contribution in [3.8, 4) is 0 Å². The summed E-state index contributed by atoms with van der Waals surface area (Å²) in [6, 6.07) is 9.69. The summed E-state index contributed by atoms with van der Waals surface area (Å²) in [6.07, 6.45) is 5.76. The third-order valence-corrected chi connectivity index (χ3v) is 2.96. The number of aromatic amines is 1. The molecule has 1 aromatic carbocycles. The van der Waals surface area contributed by atoms with Crippen LogP contribution in [-0.2, 0) is 10.4 Å². The van der Waals surface area contributed by atoms with Gasteiger partial charge in [0.05, 0.1) is 5.69 Å². The number of nitrogens with one attached hydrogen (secondary N) is 1. The Kier molecular flexibility index (Phi) is 2.03. The molecule has 84 valence electrons. The molecule has 0 aliphatic heterocycles. The van der Waals surface area contributed by atoms with Crippen LogP contribution >= 0.6 is 0 Å².